The number of urea groups is 1. The SMILES string of the molecule is CNC(=O)c1c(C)c(-c2cc(OC3CN(C(=O)N4N=CCC4c4cc(F)cc(F)c4)C3)c(F)cn2)nn1C. The first kappa shape index (κ1) is 25.2. The maximum absolute atomic E-state index is 14.5. The molecule has 1 N–H and O–H groups in total. The number of hydrogen-bond acceptors (Lipinski definition) is 6. The average molecular weight is 528 g/mol. The molecule has 10 nitrogen and oxygen atoms in total. The monoisotopic (exact) mass is 527 g/mol. The number of amides is 3. The van der Waals surface area contributed by atoms with E-state index in [1.54, 1.807) is 14.0 Å². The van der Waals surface area contributed by atoms with Gasteiger partial charge in [0.15, 0.2) is 11.6 Å². The minimum absolute atomic E-state index is 0.0639. The second-order valence-corrected chi connectivity index (χ2v) is 9.05. The van der Waals surface area contributed by atoms with Gasteiger partial charge in [-0.2, -0.15) is 10.2 Å². The summed E-state index contributed by atoms with van der Waals surface area (Å²) in [5.74, 6) is -2.53. The van der Waals surface area contributed by atoms with Crippen LogP contribution in [0.3, 0.4) is 0 Å². The van der Waals surface area contributed by atoms with Crippen LogP contribution in [0.2, 0.25) is 0 Å². The molecule has 5 rings (SSSR count). The van der Waals surface area contributed by atoms with Gasteiger partial charge in [0.2, 0.25) is 0 Å². The lowest BCUT2D eigenvalue weighted by atomic mass is 10.0. The van der Waals surface area contributed by atoms with Crippen LogP contribution in [-0.2, 0) is 7.05 Å². The van der Waals surface area contributed by atoms with E-state index in [2.05, 4.69) is 20.5 Å². The molecule has 3 amide bonds. The van der Waals surface area contributed by atoms with Crippen molar-refractivity contribution in [2.45, 2.75) is 25.5 Å². The van der Waals surface area contributed by atoms with Gasteiger partial charge in [-0.25, -0.2) is 23.0 Å². The molecule has 3 aromatic rings. The van der Waals surface area contributed by atoms with Crippen LogP contribution in [0.4, 0.5) is 18.0 Å². The molecule has 0 saturated carbocycles. The number of nitrogens with one attached hydrogen (secondary N) is 1. The Morgan fingerprint density at radius 2 is 1.82 bits per heavy atom. The van der Waals surface area contributed by atoms with E-state index in [0.29, 0.717) is 34.6 Å². The van der Waals surface area contributed by atoms with Gasteiger partial charge in [0.05, 0.1) is 31.0 Å². The number of nitrogens with zero attached hydrogens (tertiary/aromatic N) is 6. The highest BCUT2D eigenvalue weighted by Crippen LogP contribution is 2.33. The van der Waals surface area contributed by atoms with Gasteiger partial charge < -0.3 is 15.0 Å². The van der Waals surface area contributed by atoms with E-state index >= 15 is 0 Å². The summed E-state index contributed by atoms with van der Waals surface area (Å²) < 4.78 is 49.2. The number of aryl methyl sites for hydroxylation is 1. The fraction of sp³-hybridized carbons (Fsp3) is 0.320. The van der Waals surface area contributed by atoms with E-state index in [1.807, 2.05) is 0 Å². The zero-order valence-electron chi connectivity index (χ0n) is 20.8. The average Bonchev–Trinajstić information content (AvgIpc) is 3.45. The van der Waals surface area contributed by atoms with Crippen LogP contribution in [0, 0.1) is 24.4 Å². The van der Waals surface area contributed by atoms with E-state index in [1.165, 1.54) is 46.1 Å². The van der Waals surface area contributed by atoms with E-state index in [4.69, 9.17) is 4.74 Å². The summed E-state index contributed by atoms with van der Waals surface area (Å²) >= 11 is 0. The fourth-order valence-electron chi connectivity index (χ4n) is 4.59. The molecule has 1 aromatic carbocycles. The first-order valence-electron chi connectivity index (χ1n) is 11.8. The van der Waals surface area contributed by atoms with Gasteiger partial charge >= 0.3 is 6.03 Å². The van der Waals surface area contributed by atoms with Crippen LogP contribution in [-0.4, -0.2) is 69.1 Å². The van der Waals surface area contributed by atoms with Crippen molar-refractivity contribution in [2.24, 2.45) is 12.1 Å². The van der Waals surface area contributed by atoms with Crippen molar-refractivity contribution < 1.29 is 27.5 Å². The molecule has 1 unspecified atom stereocenters. The third-order valence-corrected chi connectivity index (χ3v) is 6.50. The smallest absolute Gasteiger partial charge is 0.341 e. The maximum Gasteiger partial charge on any atom is 0.341 e. The number of carbonyl (C=O) groups excluding carboxylic acids is 2. The van der Waals surface area contributed by atoms with Crippen LogP contribution in [0.25, 0.3) is 11.4 Å². The molecule has 13 heteroatoms. The molecule has 4 heterocycles. The highest BCUT2D eigenvalue weighted by Gasteiger charge is 2.39. The summed E-state index contributed by atoms with van der Waals surface area (Å²) in [6, 6.07) is 3.44. The van der Waals surface area contributed by atoms with Gasteiger partial charge in [0, 0.05) is 44.4 Å². The summed E-state index contributed by atoms with van der Waals surface area (Å²) in [5, 5.41) is 12.2. The minimum atomic E-state index is -0.735. The fourth-order valence-corrected chi connectivity index (χ4v) is 4.59. The predicted octanol–water partition coefficient (Wildman–Crippen LogP) is 3.18. The van der Waals surface area contributed by atoms with Crippen LogP contribution in [0.1, 0.15) is 34.1 Å². The number of pyridine rings is 1. The van der Waals surface area contributed by atoms with Crippen molar-refractivity contribution in [1.82, 2.24) is 30.0 Å². The molecule has 38 heavy (non-hydrogen) atoms. The highest BCUT2D eigenvalue weighted by molar-refractivity contribution is 5.95. The number of benzene rings is 1. The minimum Gasteiger partial charge on any atom is -0.483 e. The molecule has 0 radical (unpaired) electrons. The first-order valence-corrected chi connectivity index (χ1v) is 11.8. The molecule has 2 aliphatic heterocycles. The van der Waals surface area contributed by atoms with Crippen LogP contribution >= 0.6 is 0 Å². The number of hydrazone groups is 1. The molecule has 1 fully saturated rings. The number of ether oxygens (including phenoxy) is 1. The number of carbonyl (C=O) groups is 2. The lowest BCUT2D eigenvalue weighted by Gasteiger charge is -2.41. The zero-order valence-corrected chi connectivity index (χ0v) is 20.8. The molecule has 1 saturated heterocycles. The summed E-state index contributed by atoms with van der Waals surface area (Å²) in [6.45, 7) is 2.05. The van der Waals surface area contributed by atoms with Crippen molar-refractivity contribution in [3.63, 3.8) is 0 Å². The second-order valence-electron chi connectivity index (χ2n) is 9.05. The number of hydrogen-bond donors (Lipinski definition) is 1. The van der Waals surface area contributed by atoms with E-state index in [-0.39, 0.29) is 24.7 Å². The standard InChI is InChI=1S/C25H24F3N7O3/c1-13-22(32-33(3)23(13)24(36)29-2)19-9-21(18(28)10-30-19)38-17-11-34(12-17)25(37)35-20(4-5-31-35)14-6-15(26)8-16(27)7-14/h5-10,17,20H,4,11-12H2,1-3H3,(H,29,36). The first-order chi connectivity index (χ1) is 18.2. The summed E-state index contributed by atoms with van der Waals surface area (Å²) in [5.41, 5.74) is 1.98. The molecule has 0 spiro atoms. The Labute approximate surface area is 215 Å². The largest absolute Gasteiger partial charge is 0.483 e. The quantitative estimate of drug-likeness (QED) is 0.549. The maximum atomic E-state index is 14.5. The van der Waals surface area contributed by atoms with Gasteiger partial charge in [0.25, 0.3) is 5.91 Å². The highest BCUT2D eigenvalue weighted by atomic mass is 19.1. The molecule has 198 valence electrons. The Balaban J connectivity index is 1.26. The summed E-state index contributed by atoms with van der Waals surface area (Å²) in [4.78, 5) is 30.7. The molecule has 1 atom stereocenters. The van der Waals surface area contributed by atoms with Crippen LogP contribution in [0.5, 0.6) is 5.75 Å². The van der Waals surface area contributed by atoms with E-state index in [9.17, 15) is 22.8 Å². The molecule has 0 bridgehead atoms. The molecule has 0 aliphatic carbocycles. The lowest BCUT2D eigenvalue weighted by molar-refractivity contribution is 0.0256. The number of likely N-dealkylation sites (tertiary alicyclic amines) is 1. The molecular weight excluding hydrogens is 503 g/mol. The Morgan fingerprint density at radius 1 is 1.11 bits per heavy atom. The predicted molar refractivity (Wildman–Crippen MR) is 130 cm³/mol. The third kappa shape index (κ3) is 4.55. The van der Waals surface area contributed by atoms with Gasteiger partial charge in [-0.15, -0.1) is 0 Å². The number of halogens is 3. The normalized spacial score (nSPS) is 17.1. The van der Waals surface area contributed by atoms with Crippen molar-refractivity contribution in [2.75, 3.05) is 20.1 Å². The Hall–Kier alpha value is -4.42. The Kier molecular flexibility index (Phi) is 6.51. The van der Waals surface area contributed by atoms with Crippen LogP contribution < -0.4 is 10.1 Å². The Bertz CT molecular complexity index is 1430. The third-order valence-electron chi connectivity index (χ3n) is 6.50. The van der Waals surface area contributed by atoms with Crippen molar-refractivity contribution in [3.8, 4) is 17.1 Å². The van der Waals surface area contributed by atoms with Crippen molar-refractivity contribution in [3.05, 3.63) is 64.7 Å². The summed E-state index contributed by atoms with van der Waals surface area (Å²) in [6.07, 6.45) is 2.36. The van der Waals surface area contributed by atoms with Crippen molar-refractivity contribution in [1.29, 1.82) is 0 Å². The number of rotatable bonds is 5. The van der Waals surface area contributed by atoms with Gasteiger partial charge in [-0.05, 0) is 24.6 Å². The van der Waals surface area contributed by atoms with Gasteiger partial charge in [-0.1, -0.05) is 0 Å². The topological polar surface area (TPSA) is 105 Å². The Morgan fingerprint density at radius 3 is 2.50 bits per heavy atom. The lowest BCUT2D eigenvalue weighted by Crippen LogP contribution is -2.58. The molecule has 2 aromatic heterocycles. The van der Waals surface area contributed by atoms with Gasteiger partial charge in [0.1, 0.15) is 29.1 Å². The molecular formula is C25H24F3N7O3. The zero-order chi connectivity index (χ0) is 27.1. The second kappa shape index (κ2) is 9.80. The van der Waals surface area contributed by atoms with E-state index < -0.39 is 35.6 Å². The summed E-state index contributed by atoms with van der Waals surface area (Å²) in [7, 11) is 3.14. The van der Waals surface area contributed by atoms with Crippen LogP contribution in [0.15, 0.2) is 35.6 Å². The molecule has 2 aliphatic rings. The van der Waals surface area contributed by atoms with E-state index in [0.717, 1.165) is 12.3 Å². The number of aromatic nitrogens is 3. The van der Waals surface area contributed by atoms with Gasteiger partial charge in [-0.3, -0.25) is 14.5 Å². The van der Waals surface area contributed by atoms with Crippen molar-refractivity contribution >= 4 is 18.2 Å².